The fourth-order valence-corrected chi connectivity index (χ4v) is 3.77. The molecule has 0 unspecified atom stereocenters. The number of benzene rings is 1. The van der Waals surface area contributed by atoms with E-state index in [4.69, 9.17) is 0 Å². The summed E-state index contributed by atoms with van der Waals surface area (Å²) in [5.74, 6) is 0.116. The highest BCUT2D eigenvalue weighted by molar-refractivity contribution is 7.09. The highest BCUT2D eigenvalue weighted by Gasteiger charge is 2.19. The Kier molecular flexibility index (Phi) is 5.48. The quantitative estimate of drug-likeness (QED) is 0.792. The van der Waals surface area contributed by atoms with E-state index in [0.717, 1.165) is 38.3 Å². The van der Waals surface area contributed by atoms with Gasteiger partial charge in [0.15, 0.2) is 0 Å². The molecule has 0 aliphatic carbocycles. The minimum Gasteiger partial charge on any atom is -0.337 e. The Balaban J connectivity index is 1.52. The van der Waals surface area contributed by atoms with Crippen molar-refractivity contribution in [3.8, 4) is 0 Å². The number of carbonyl (C=O) groups is 1. The van der Waals surface area contributed by atoms with Gasteiger partial charge in [-0.1, -0.05) is 29.8 Å². The molecule has 4 heteroatoms. The van der Waals surface area contributed by atoms with Crippen molar-refractivity contribution in [3.05, 3.63) is 63.4 Å². The van der Waals surface area contributed by atoms with Crippen molar-refractivity contribution in [2.24, 2.45) is 0 Å². The lowest BCUT2D eigenvalue weighted by Crippen LogP contribution is -2.47. The average molecular weight is 340 g/mol. The SMILES string of the molecule is Cc1ccc(/C=C/C(=O)N2CCN(Cc3cccs3)CC2)c(C)c1. The fraction of sp³-hybridized carbons (Fsp3) is 0.350. The van der Waals surface area contributed by atoms with E-state index in [0.29, 0.717) is 0 Å². The van der Waals surface area contributed by atoms with Crippen LogP contribution in [-0.4, -0.2) is 41.9 Å². The first-order valence-corrected chi connectivity index (χ1v) is 9.29. The molecule has 2 heterocycles. The summed E-state index contributed by atoms with van der Waals surface area (Å²) < 4.78 is 0. The van der Waals surface area contributed by atoms with Crippen molar-refractivity contribution < 1.29 is 4.79 Å². The number of hydrogen-bond donors (Lipinski definition) is 0. The van der Waals surface area contributed by atoms with Crippen LogP contribution in [0.1, 0.15) is 21.6 Å². The van der Waals surface area contributed by atoms with E-state index in [1.165, 1.54) is 16.0 Å². The first-order chi connectivity index (χ1) is 11.6. The Morgan fingerprint density at radius 2 is 1.96 bits per heavy atom. The van der Waals surface area contributed by atoms with Crippen LogP contribution in [0, 0.1) is 13.8 Å². The molecule has 0 radical (unpaired) electrons. The lowest BCUT2D eigenvalue weighted by molar-refractivity contribution is -0.127. The van der Waals surface area contributed by atoms with Crippen LogP contribution < -0.4 is 0 Å². The number of hydrogen-bond acceptors (Lipinski definition) is 3. The van der Waals surface area contributed by atoms with E-state index >= 15 is 0 Å². The molecule has 0 bridgehead atoms. The fourth-order valence-electron chi connectivity index (χ4n) is 3.03. The molecule has 0 N–H and O–H groups in total. The van der Waals surface area contributed by atoms with Crippen molar-refractivity contribution in [1.29, 1.82) is 0 Å². The van der Waals surface area contributed by atoms with Gasteiger partial charge in [0.2, 0.25) is 5.91 Å². The number of aryl methyl sites for hydroxylation is 2. The zero-order valence-corrected chi connectivity index (χ0v) is 15.2. The van der Waals surface area contributed by atoms with Crippen LogP contribution in [0.25, 0.3) is 6.08 Å². The van der Waals surface area contributed by atoms with Gasteiger partial charge in [-0.05, 0) is 42.5 Å². The predicted molar refractivity (Wildman–Crippen MR) is 101 cm³/mol. The number of nitrogens with zero attached hydrogens (tertiary/aromatic N) is 2. The van der Waals surface area contributed by atoms with Crippen molar-refractivity contribution in [2.75, 3.05) is 26.2 Å². The monoisotopic (exact) mass is 340 g/mol. The second-order valence-electron chi connectivity index (χ2n) is 6.37. The summed E-state index contributed by atoms with van der Waals surface area (Å²) >= 11 is 1.80. The van der Waals surface area contributed by atoms with Crippen LogP contribution in [0.2, 0.25) is 0 Å². The first kappa shape index (κ1) is 16.9. The first-order valence-electron chi connectivity index (χ1n) is 8.41. The number of carbonyl (C=O) groups excluding carboxylic acids is 1. The number of piperazine rings is 1. The van der Waals surface area contributed by atoms with Gasteiger partial charge in [0, 0.05) is 43.7 Å². The van der Waals surface area contributed by atoms with Crippen LogP contribution in [0.5, 0.6) is 0 Å². The van der Waals surface area contributed by atoms with Gasteiger partial charge in [0.1, 0.15) is 0 Å². The molecule has 1 saturated heterocycles. The highest BCUT2D eigenvalue weighted by Crippen LogP contribution is 2.15. The smallest absolute Gasteiger partial charge is 0.246 e. The van der Waals surface area contributed by atoms with Crippen LogP contribution in [0.4, 0.5) is 0 Å². The van der Waals surface area contributed by atoms with Gasteiger partial charge in [-0.3, -0.25) is 9.69 Å². The van der Waals surface area contributed by atoms with Gasteiger partial charge in [0.05, 0.1) is 0 Å². The molecule has 24 heavy (non-hydrogen) atoms. The van der Waals surface area contributed by atoms with E-state index in [1.54, 1.807) is 17.4 Å². The molecule has 1 fully saturated rings. The summed E-state index contributed by atoms with van der Waals surface area (Å²) in [6, 6.07) is 10.6. The minimum atomic E-state index is 0.116. The summed E-state index contributed by atoms with van der Waals surface area (Å²) in [6.45, 7) is 8.67. The van der Waals surface area contributed by atoms with Gasteiger partial charge in [-0.15, -0.1) is 11.3 Å². The molecule has 1 amide bonds. The molecule has 2 aromatic rings. The molecular formula is C20H24N2OS. The molecule has 0 atom stereocenters. The van der Waals surface area contributed by atoms with E-state index < -0.39 is 0 Å². The molecule has 3 nitrogen and oxygen atoms in total. The predicted octanol–water partition coefficient (Wildman–Crippen LogP) is 3.72. The second kappa shape index (κ2) is 7.77. The molecule has 0 spiro atoms. The zero-order chi connectivity index (χ0) is 16.9. The van der Waals surface area contributed by atoms with Gasteiger partial charge in [0.25, 0.3) is 0 Å². The average Bonchev–Trinajstić information content (AvgIpc) is 3.07. The second-order valence-corrected chi connectivity index (χ2v) is 7.41. The van der Waals surface area contributed by atoms with E-state index in [9.17, 15) is 4.79 Å². The van der Waals surface area contributed by atoms with Gasteiger partial charge < -0.3 is 4.90 Å². The standard InChI is InChI=1S/C20H24N2OS/c1-16-5-6-18(17(2)14-16)7-8-20(23)22-11-9-21(10-12-22)15-19-4-3-13-24-19/h3-8,13-14H,9-12,15H2,1-2H3/b8-7+. The molecule has 0 saturated carbocycles. The maximum Gasteiger partial charge on any atom is 0.246 e. The topological polar surface area (TPSA) is 23.6 Å². The Bertz CT molecular complexity index is 713. The Morgan fingerprint density at radius 1 is 1.17 bits per heavy atom. The largest absolute Gasteiger partial charge is 0.337 e. The van der Waals surface area contributed by atoms with Gasteiger partial charge in [-0.2, -0.15) is 0 Å². The van der Waals surface area contributed by atoms with Crippen molar-refractivity contribution in [1.82, 2.24) is 9.80 Å². The summed E-state index contributed by atoms with van der Waals surface area (Å²) in [7, 11) is 0. The third-order valence-corrected chi connectivity index (χ3v) is 5.34. The normalized spacial score (nSPS) is 16.0. The third kappa shape index (κ3) is 4.34. The molecule has 1 aromatic heterocycles. The Hall–Kier alpha value is -1.91. The molecule has 1 aliphatic heterocycles. The maximum absolute atomic E-state index is 12.4. The molecular weight excluding hydrogens is 316 g/mol. The van der Waals surface area contributed by atoms with E-state index in [-0.39, 0.29) is 5.91 Å². The highest BCUT2D eigenvalue weighted by atomic mass is 32.1. The number of thiophene rings is 1. The molecule has 1 aromatic carbocycles. The van der Waals surface area contributed by atoms with Crippen LogP contribution in [0.3, 0.4) is 0 Å². The molecule has 3 rings (SSSR count). The van der Waals surface area contributed by atoms with E-state index in [2.05, 4.69) is 54.5 Å². The summed E-state index contributed by atoms with van der Waals surface area (Å²) in [5.41, 5.74) is 3.57. The minimum absolute atomic E-state index is 0.116. The lowest BCUT2D eigenvalue weighted by Gasteiger charge is -2.34. The Labute approximate surface area is 148 Å². The van der Waals surface area contributed by atoms with Crippen molar-refractivity contribution in [2.45, 2.75) is 20.4 Å². The molecule has 126 valence electrons. The van der Waals surface area contributed by atoms with Crippen LogP contribution in [-0.2, 0) is 11.3 Å². The lowest BCUT2D eigenvalue weighted by atomic mass is 10.1. The molecule has 1 aliphatic rings. The summed E-state index contributed by atoms with van der Waals surface area (Å²) in [4.78, 5) is 18.2. The van der Waals surface area contributed by atoms with Crippen molar-refractivity contribution >= 4 is 23.3 Å². The summed E-state index contributed by atoms with van der Waals surface area (Å²) in [5, 5.41) is 2.12. The zero-order valence-electron chi connectivity index (χ0n) is 14.4. The van der Waals surface area contributed by atoms with Crippen LogP contribution >= 0.6 is 11.3 Å². The third-order valence-electron chi connectivity index (χ3n) is 4.47. The number of rotatable bonds is 4. The van der Waals surface area contributed by atoms with Crippen molar-refractivity contribution in [3.63, 3.8) is 0 Å². The summed E-state index contributed by atoms with van der Waals surface area (Å²) in [6.07, 6.45) is 3.65. The van der Waals surface area contributed by atoms with E-state index in [1.807, 2.05) is 11.0 Å². The maximum atomic E-state index is 12.4. The van der Waals surface area contributed by atoms with Gasteiger partial charge in [-0.25, -0.2) is 0 Å². The Morgan fingerprint density at radius 3 is 2.62 bits per heavy atom. The van der Waals surface area contributed by atoms with Crippen LogP contribution in [0.15, 0.2) is 41.8 Å². The van der Waals surface area contributed by atoms with Gasteiger partial charge >= 0.3 is 0 Å². The number of amides is 1.